The van der Waals surface area contributed by atoms with Gasteiger partial charge in [0.15, 0.2) is 11.5 Å². The van der Waals surface area contributed by atoms with Crippen LogP contribution in [0.3, 0.4) is 0 Å². The largest absolute Gasteiger partial charge is 0.416 e. The maximum Gasteiger partial charge on any atom is 0.416 e. The van der Waals surface area contributed by atoms with E-state index in [0.717, 1.165) is 30.8 Å². The summed E-state index contributed by atoms with van der Waals surface area (Å²) in [6, 6.07) is 11.5. The molecule has 4 rings (SSSR count). The topological polar surface area (TPSA) is 67.2 Å². The van der Waals surface area contributed by atoms with Crippen LogP contribution in [0.4, 0.5) is 19.0 Å². The first-order valence-electron chi connectivity index (χ1n) is 11.2. The number of fused-ring (bicyclic) bond motifs is 1. The maximum atomic E-state index is 13.2. The van der Waals surface area contributed by atoms with Crippen molar-refractivity contribution in [1.82, 2.24) is 14.9 Å². The van der Waals surface area contributed by atoms with Crippen molar-refractivity contribution in [2.45, 2.75) is 38.4 Å². The Balaban J connectivity index is 1.54. The Bertz CT molecular complexity index is 1260. The standard InChI is InChI=1S/C25H24ClF3N4O2/c1-32(24(35)17-7-5-9-19(26)15-17)22-21(33-13-3-2-10-20(33)31-22)23(34)30-12-11-16-6-4-8-18(14-16)25(27,28)29/h4-9,14-15H,2-3,10-13H2,1H3,(H,30,34). The molecule has 184 valence electrons. The first-order chi connectivity index (χ1) is 16.6. The SMILES string of the molecule is CN(C(=O)c1cccc(Cl)c1)c1nc2n(c1C(=O)NCCc1cccc(C(F)(F)F)c1)CCCC2. The van der Waals surface area contributed by atoms with E-state index in [9.17, 15) is 22.8 Å². The van der Waals surface area contributed by atoms with Crippen molar-refractivity contribution in [3.63, 3.8) is 0 Å². The first-order valence-corrected chi connectivity index (χ1v) is 11.6. The van der Waals surface area contributed by atoms with Gasteiger partial charge in [0.25, 0.3) is 11.8 Å². The normalized spacial score (nSPS) is 13.3. The second-order valence-corrected chi connectivity index (χ2v) is 8.82. The zero-order chi connectivity index (χ0) is 25.2. The van der Waals surface area contributed by atoms with E-state index in [4.69, 9.17) is 11.6 Å². The van der Waals surface area contributed by atoms with Gasteiger partial charge in [-0.15, -0.1) is 0 Å². The number of alkyl halides is 3. The third-order valence-corrected chi connectivity index (χ3v) is 6.16. The van der Waals surface area contributed by atoms with Crippen LogP contribution in [0.2, 0.25) is 5.02 Å². The Morgan fingerprint density at radius 3 is 2.66 bits per heavy atom. The molecule has 1 N–H and O–H groups in total. The highest BCUT2D eigenvalue weighted by molar-refractivity contribution is 6.31. The number of nitrogens with zero attached hydrogens (tertiary/aromatic N) is 3. The third kappa shape index (κ3) is 5.51. The molecule has 1 aromatic heterocycles. The van der Waals surface area contributed by atoms with E-state index in [-0.39, 0.29) is 30.4 Å². The van der Waals surface area contributed by atoms with Crippen molar-refractivity contribution in [2.24, 2.45) is 0 Å². The molecule has 10 heteroatoms. The molecule has 0 saturated heterocycles. The summed E-state index contributed by atoms with van der Waals surface area (Å²) in [5.74, 6) is 0.169. The zero-order valence-electron chi connectivity index (χ0n) is 19.0. The highest BCUT2D eigenvalue weighted by Gasteiger charge is 2.31. The molecule has 0 fully saturated rings. The van der Waals surface area contributed by atoms with Crippen LogP contribution >= 0.6 is 11.6 Å². The highest BCUT2D eigenvalue weighted by Crippen LogP contribution is 2.30. The number of imidazole rings is 1. The summed E-state index contributed by atoms with van der Waals surface area (Å²) in [6.45, 7) is 0.726. The lowest BCUT2D eigenvalue weighted by molar-refractivity contribution is -0.137. The average Bonchev–Trinajstić information content (AvgIpc) is 3.22. The minimum Gasteiger partial charge on any atom is -0.350 e. The monoisotopic (exact) mass is 504 g/mol. The van der Waals surface area contributed by atoms with Gasteiger partial charge in [0.1, 0.15) is 5.82 Å². The van der Waals surface area contributed by atoms with Gasteiger partial charge in [-0.3, -0.25) is 14.5 Å². The maximum absolute atomic E-state index is 13.2. The van der Waals surface area contributed by atoms with Crippen LogP contribution in [0.15, 0.2) is 48.5 Å². The van der Waals surface area contributed by atoms with Crippen molar-refractivity contribution >= 4 is 29.2 Å². The molecule has 1 aliphatic heterocycles. The van der Waals surface area contributed by atoms with Crippen LogP contribution in [0.1, 0.15) is 50.6 Å². The van der Waals surface area contributed by atoms with Gasteiger partial charge >= 0.3 is 6.18 Å². The first kappa shape index (κ1) is 24.8. The molecule has 2 heterocycles. The predicted molar refractivity (Wildman–Crippen MR) is 127 cm³/mol. The summed E-state index contributed by atoms with van der Waals surface area (Å²) in [5.41, 5.74) is 0.363. The smallest absolute Gasteiger partial charge is 0.350 e. The van der Waals surface area contributed by atoms with Crippen LogP contribution in [-0.4, -0.2) is 35.0 Å². The van der Waals surface area contributed by atoms with Gasteiger partial charge in [-0.05, 0) is 49.1 Å². The number of carbonyl (C=O) groups is 2. The summed E-state index contributed by atoms with van der Waals surface area (Å²) in [7, 11) is 1.55. The van der Waals surface area contributed by atoms with Crippen molar-refractivity contribution < 1.29 is 22.8 Å². The molecule has 0 bridgehead atoms. The van der Waals surface area contributed by atoms with E-state index in [1.165, 1.54) is 11.0 Å². The molecule has 35 heavy (non-hydrogen) atoms. The number of hydrogen-bond acceptors (Lipinski definition) is 3. The molecule has 2 amide bonds. The number of nitrogens with one attached hydrogen (secondary N) is 1. The predicted octanol–water partition coefficient (Wildman–Crippen LogP) is 5.14. The van der Waals surface area contributed by atoms with Gasteiger partial charge in [-0.25, -0.2) is 4.98 Å². The molecule has 6 nitrogen and oxygen atoms in total. The van der Waals surface area contributed by atoms with Crippen LogP contribution in [-0.2, 0) is 25.6 Å². The lowest BCUT2D eigenvalue weighted by Crippen LogP contribution is -2.33. The van der Waals surface area contributed by atoms with Crippen molar-refractivity contribution in [3.8, 4) is 0 Å². The van der Waals surface area contributed by atoms with Gasteiger partial charge in [-0.2, -0.15) is 13.2 Å². The molecular weight excluding hydrogens is 481 g/mol. The van der Waals surface area contributed by atoms with E-state index in [0.29, 0.717) is 29.1 Å². The number of halogens is 4. The number of rotatable bonds is 6. The number of benzene rings is 2. The Labute approximate surface area is 205 Å². The number of anilines is 1. The van der Waals surface area contributed by atoms with Crippen molar-refractivity contribution in [2.75, 3.05) is 18.5 Å². The minimum atomic E-state index is -4.43. The van der Waals surface area contributed by atoms with E-state index in [1.807, 2.05) is 4.57 Å². The summed E-state index contributed by atoms with van der Waals surface area (Å²) in [5, 5.41) is 3.20. The summed E-state index contributed by atoms with van der Waals surface area (Å²) in [6.07, 6.45) is -1.71. The quantitative estimate of drug-likeness (QED) is 0.505. The second kappa shape index (κ2) is 10.1. The molecule has 3 aromatic rings. The number of amides is 2. The molecule has 0 atom stereocenters. The Morgan fingerprint density at radius 1 is 1.14 bits per heavy atom. The molecular formula is C25H24ClF3N4O2. The number of carbonyl (C=O) groups excluding carboxylic acids is 2. The second-order valence-electron chi connectivity index (χ2n) is 8.39. The third-order valence-electron chi connectivity index (χ3n) is 5.92. The van der Waals surface area contributed by atoms with Crippen molar-refractivity contribution in [1.29, 1.82) is 0 Å². The van der Waals surface area contributed by atoms with Crippen LogP contribution in [0.25, 0.3) is 0 Å². The highest BCUT2D eigenvalue weighted by atomic mass is 35.5. The lowest BCUT2D eigenvalue weighted by Gasteiger charge is -2.19. The molecule has 2 aromatic carbocycles. The summed E-state index contributed by atoms with van der Waals surface area (Å²) in [4.78, 5) is 32.2. The Kier molecular flexibility index (Phi) is 7.16. The summed E-state index contributed by atoms with van der Waals surface area (Å²) < 4.78 is 40.7. The van der Waals surface area contributed by atoms with E-state index < -0.39 is 17.6 Å². The number of aromatic nitrogens is 2. The van der Waals surface area contributed by atoms with Gasteiger partial charge in [0, 0.05) is 37.1 Å². The Morgan fingerprint density at radius 2 is 1.91 bits per heavy atom. The Hall–Kier alpha value is -3.33. The fourth-order valence-electron chi connectivity index (χ4n) is 4.15. The molecule has 0 radical (unpaired) electrons. The van der Waals surface area contributed by atoms with Crippen molar-refractivity contribution in [3.05, 3.63) is 81.8 Å². The molecule has 1 aliphatic rings. The van der Waals surface area contributed by atoms with Crippen LogP contribution in [0.5, 0.6) is 0 Å². The van der Waals surface area contributed by atoms with Gasteiger partial charge in [0.05, 0.1) is 5.56 Å². The molecule has 0 unspecified atom stereocenters. The van der Waals surface area contributed by atoms with E-state index >= 15 is 0 Å². The average molecular weight is 505 g/mol. The zero-order valence-corrected chi connectivity index (χ0v) is 19.8. The molecule has 0 saturated carbocycles. The molecule has 0 spiro atoms. The number of aryl methyl sites for hydroxylation is 1. The van der Waals surface area contributed by atoms with Gasteiger partial charge < -0.3 is 9.88 Å². The lowest BCUT2D eigenvalue weighted by atomic mass is 10.1. The molecule has 0 aliphatic carbocycles. The van der Waals surface area contributed by atoms with Gasteiger partial charge in [0.2, 0.25) is 0 Å². The minimum absolute atomic E-state index is 0.131. The van der Waals surface area contributed by atoms with E-state index in [2.05, 4.69) is 10.3 Å². The van der Waals surface area contributed by atoms with E-state index in [1.54, 1.807) is 37.4 Å². The number of hydrogen-bond donors (Lipinski definition) is 1. The summed E-state index contributed by atoms with van der Waals surface area (Å²) >= 11 is 6.03. The van der Waals surface area contributed by atoms with Gasteiger partial charge in [-0.1, -0.05) is 35.9 Å². The fourth-order valence-corrected chi connectivity index (χ4v) is 4.34. The fraction of sp³-hybridized carbons (Fsp3) is 0.320. The van der Waals surface area contributed by atoms with Crippen LogP contribution in [0, 0.1) is 0 Å². The van der Waals surface area contributed by atoms with Crippen LogP contribution < -0.4 is 10.2 Å².